The van der Waals surface area contributed by atoms with Gasteiger partial charge in [-0.15, -0.1) is 0 Å². The maximum Gasteiger partial charge on any atom is 0.332 e. The molecule has 0 amide bonds. The lowest BCUT2D eigenvalue weighted by Gasteiger charge is -2.28. The SMILES string of the molecule is Cn1c(=O)c2c(nc(-c3ccccc3)n2C[C@H](O)CN2CCCCC2)n(C)c1=O. The Kier molecular flexibility index (Phi) is 5.38. The maximum atomic E-state index is 12.9. The first kappa shape index (κ1) is 19.6. The normalized spacial score (nSPS) is 16.4. The highest BCUT2D eigenvalue weighted by molar-refractivity contribution is 5.77. The van der Waals surface area contributed by atoms with E-state index in [9.17, 15) is 14.7 Å². The quantitative estimate of drug-likeness (QED) is 0.693. The summed E-state index contributed by atoms with van der Waals surface area (Å²) in [4.78, 5) is 32.2. The predicted octanol–water partition coefficient (Wildman–Crippen LogP) is 0.948. The smallest absolute Gasteiger partial charge is 0.332 e. The molecule has 1 atom stereocenters. The molecule has 0 aliphatic carbocycles. The van der Waals surface area contributed by atoms with Crippen molar-refractivity contribution in [1.29, 1.82) is 0 Å². The van der Waals surface area contributed by atoms with E-state index in [1.165, 1.54) is 18.0 Å². The number of likely N-dealkylation sites (tertiary alicyclic amines) is 1. The fraction of sp³-hybridized carbons (Fsp3) is 0.476. The van der Waals surface area contributed by atoms with Crippen molar-refractivity contribution in [2.45, 2.75) is 31.9 Å². The van der Waals surface area contributed by atoms with Gasteiger partial charge in [0.15, 0.2) is 11.2 Å². The third kappa shape index (κ3) is 3.65. The molecule has 1 fully saturated rings. The van der Waals surface area contributed by atoms with Crippen LogP contribution in [0, 0.1) is 0 Å². The second-order valence-electron chi connectivity index (χ2n) is 7.81. The molecule has 2 aromatic heterocycles. The highest BCUT2D eigenvalue weighted by atomic mass is 16.3. The summed E-state index contributed by atoms with van der Waals surface area (Å²) in [5.74, 6) is 0.580. The fourth-order valence-corrected chi connectivity index (χ4v) is 4.14. The zero-order valence-corrected chi connectivity index (χ0v) is 16.9. The molecule has 1 saturated heterocycles. The number of hydrogen-bond acceptors (Lipinski definition) is 5. The van der Waals surface area contributed by atoms with E-state index in [2.05, 4.69) is 9.88 Å². The number of aliphatic hydroxyl groups is 1. The Hall–Kier alpha value is -2.71. The summed E-state index contributed by atoms with van der Waals surface area (Å²) < 4.78 is 4.24. The summed E-state index contributed by atoms with van der Waals surface area (Å²) in [6.45, 7) is 2.78. The van der Waals surface area contributed by atoms with Crippen LogP contribution in [0.4, 0.5) is 0 Å². The number of rotatable bonds is 5. The second-order valence-corrected chi connectivity index (χ2v) is 7.81. The summed E-state index contributed by atoms with van der Waals surface area (Å²) in [6, 6.07) is 9.55. The number of imidazole rings is 1. The van der Waals surface area contributed by atoms with E-state index in [0.717, 1.165) is 36.1 Å². The van der Waals surface area contributed by atoms with Gasteiger partial charge >= 0.3 is 5.69 Å². The molecule has 8 nitrogen and oxygen atoms in total. The number of fused-ring (bicyclic) bond motifs is 1. The zero-order chi connectivity index (χ0) is 20.5. The van der Waals surface area contributed by atoms with E-state index in [4.69, 9.17) is 0 Å². The molecule has 0 bridgehead atoms. The first-order chi connectivity index (χ1) is 14.0. The first-order valence-corrected chi connectivity index (χ1v) is 10.1. The average Bonchev–Trinajstić information content (AvgIpc) is 3.11. The number of aryl methyl sites for hydroxylation is 1. The lowest BCUT2D eigenvalue weighted by atomic mass is 10.1. The van der Waals surface area contributed by atoms with Crippen molar-refractivity contribution in [3.63, 3.8) is 0 Å². The van der Waals surface area contributed by atoms with Crippen LogP contribution in [0.3, 0.4) is 0 Å². The molecular weight excluding hydrogens is 370 g/mol. The fourth-order valence-electron chi connectivity index (χ4n) is 4.14. The number of aliphatic hydroxyl groups excluding tert-OH is 1. The molecule has 1 aliphatic heterocycles. The molecule has 0 saturated carbocycles. The van der Waals surface area contributed by atoms with Gasteiger partial charge in [-0.3, -0.25) is 13.9 Å². The van der Waals surface area contributed by atoms with Gasteiger partial charge in [0, 0.05) is 26.2 Å². The summed E-state index contributed by atoms with van der Waals surface area (Å²) in [5, 5.41) is 10.8. The molecule has 3 aromatic rings. The van der Waals surface area contributed by atoms with Gasteiger partial charge in [0.05, 0.1) is 12.6 Å². The Morgan fingerprint density at radius 3 is 2.38 bits per heavy atom. The van der Waals surface area contributed by atoms with E-state index in [1.54, 1.807) is 11.6 Å². The highest BCUT2D eigenvalue weighted by Gasteiger charge is 2.23. The maximum absolute atomic E-state index is 12.9. The van der Waals surface area contributed by atoms with Crippen molar-refractivity contribution in [3.05, 3.63) is 51.2 Å². The molecule has 3 heterocycles. The minimum atomic E-state index is -0.644. The van der Waals surface area contributed by atoms with Crippen LogP contribution in [0.5, 0.6) is 0 Å². The van der Waals surface area contributed by atoms with Crippen molar-refractivity contribution in [2.75, 3.05) is 19.6 Å². The summed E-state index contributed by atoms with van der Waals surface area (Å²) in [5.41, 5.74) is 0.695. The molecule has 0 unspecified atom stereocenters. The standard InChI is InChI=1S/C21H27N5O3/c1-23-19-17(20(28)24(2)21(23)29)26(18(22-19)15-9-5-3-6-10-15)14-16(27)13-25-11-7-4-8-12-25/h3,5-6,9-10,16,27H,4,7-8,11-14H2,1-2H3/t16-/m1/s1. The van der Waals surface area contributed by atoms with Crippen LogP contribution in [0.2, 0.25) is 0 Å². The van der Waals surface area contributed by atoms with E-state index in [0.29, 0.717) is 23.5 Å². The van der Waals surface area contributed by atoms with Crippen LogP contribution >= 0.6 is 0 Å². The van der Waals surface area contributed by atoms with Crippen LogP contribution in [0.1, 0.15) is 19.3 Å². The van der Waals surface area contributed by atoms with Gasteiger partial charge in [-0.1, -0.05) is 36.8 Å². The number of nitrogens with zero attached hydrogens (tertiary/aromatic N) is 5. The highest BCUT2D eigenvalue weighted by Crippen LogP contribution is 2.23. The van der Waals surface area contributed by atoms with E-state index >= 15 is 0 Å². The van der Waals surface area contributed by atoms with Gasteiger partial charge in [-0.25, -0.2) is 9.78 Å². The van der Waals surface area contributed by atoms with Crippen molar-refractivity contribution in [1.82, 2.24) is 23.6 Å². The summed E-state index contributed by atoms with van der Waals surface area (Å²) in [6.07, 6.45) is 2.90. The molecule has 4 rings (SSSR count). The van der Waals surface area contributed by atoms with Crippen LogP contribution in [-0.2, 0) is 20.6 Å². The molecule has 1 aliphatic rings. The minimum Gasteiger partial charge on any atom is -0.390 e. The molecule has 29 heavy (non-hydrogen) atoms. The number of β-amino-alcohol motifs (C(OH)–C–C–N with tert-alkyl or cyclic N) is 1. The topological polar surface area (TPSA) is 85.3 Å². The van der Waals surface area contributed by atoms with Gasteiger partial charge in [-0.2, -0.15) is 0 Å². The Balaban J connectivity index is 1.81. The van der Waals surface area contributed by atoms with E-state index in [1.807, 2.05) is 30.3 Å². The van der Waals surface area contributed by atoms with E-state index < -0.39 is 17.4 Å². The summed E-state index contributed by atoms with van der Waals surface area (Å²) in [7, 11) is 3.08. The number of aromatic nitrogens is 4. The molecule has 0 spiro atoms. The van der Waals surface area contributed by atoms with Gasteiger partial charge in [0.25, 0.3) is 5.56 Å². The average molecular weight is 397 g/mol. The minimum absolute atomic E-state index is 0.241. The van der Waals surface area contributed by atoms with Crippen molar-refractivity contribution in [2.24, 2.45) is 14.1 Å². The molecule has 1 N–H and O–H groups in total. The Labute approximate surface area is 168 Å². The first-order valence-electron chi connectivity index (χ1n) is 10.1. The Morgan fingerprint density at radius 2 is 1.69 bits per heavy atom. The van der Waals surface area contributed by atoms with Crippen LogP contribution in [0.25, 0.3) is 22.6 Å². The van der Waals surface area contributed by atoms with Gasteiger partial charge in [0.1, 0.15) is 5.82 Å². The van der Waals surface area contributed by atoms with E-state index in [-0.39, 0.29) is 6.54 Å². The van der Waals surface area contributed by atoms with Crippen LogP contribution in [-0.4, -0.2) is 54.4 Å². The van der Waals surface area contributed by atoms with Crippen molar-refractivity contribution in [3.8, 4) is 11.4 Å². The van der Waals surface area contributed by atoms with Crippen LogP contribution in [0.15, 0.2) is 39.9 Å². The van der Waals surface area contributed by atoms with Gasteiger partial charge in [-0.05, 0) is 25.9 Å². The lowest BCUT2D eigenvalue weighted by Crippen LogP contribution is -2.39. The van der Waals surface area contributed by atoms with Crippen molar-refractivity contribution < 1.29 is 5.11 Å². The largest absolute Gasteiger partial charge is 0.390 e. The number of benzene rings is 1. The molecule has 1 aromatic carbocycles. The monoisotopic (exact) mass is 397 g/mol. The summed E-state index contributed by atoms with van der Waals surface area (Å²) >= 11 is 0. The van der Waals surface area contributed by atoms with Gasteiger partial charge < -0.3 is 14.6 Å². The Morgan fingerprint density at radius 1 is 1.00 bits per heavy atom. The number of hydrogen-bond donors (Lipinski definition) is 1. The predicted molar refractivity (Wildman–Crippen MR) is 112 cm³/mol. The van der Waals surface area contributed by atoms with Crippen molar-refractivity contribution >= 4 is 11.2 Å². The molecule has 8 heteroatoms. The molecule has 154 valence electrons. The van der Waals surface area contributed by atoms with Crippen LogP contribution < -0.4 is 11.2 Å². The third-order valence-corrected chi connectivity index (χ3v) is 5.69. The lowest BCUT2D eigenvalue weighted by molar-refractivity contribution is 0.0894. The molecular formula is C21H27N5O3. The zero-order valence-electron chi connectivity index (χ0n) is 16.9. The Bertz CT molecular complexity index is 1120. The van der Waals surface area contributed by atoms with Gasteiger partial charge in [0.2, 0.25) is 0 Å². The molecule has 0 radical (unpaired) electrons. The number of piperidine rings is 1. The second kappa shape index (κ2) is 7.96. The third-order valence-electron chi connectivity index (χ3n) is 5.69.